The van der Waals surface area contributed by atoms with E-state index in [2.05, 4.69) is 239 Å². The van der Waals surface area contributed by atoms with Gasteiger partial charge in [-0.05, 0) is 11.1 Å². The third kappa shape index (κ3) is 5.94. The van der Waals surface area contributed by atoms with E-state index in [1.54, 1.807) is 0 Å². The van der Waals surface area contributed by atoms with Crippen LogP contribution in [0, 0.1) is 0 Å². The molecule has 2 nitrogen and oxygen atoms in total. The zero-order valence-corrected chi connectivity index (χ0v) is 35.0. The topological polar surface area (TPSA) is 40.1 Å². The van der Waals surface area contributed by atoms with E-state index in [0.29, 0.717) is 0 Å². The van der Waals surface area contributed by atoms with Gasteiger partial charge < -0.3 is 4.55 Å². The molecule has 18 heteroatoms. The van der Waals surface area contributed by atoms with Gasteiger partial charge in [0.2, 0.25) is 0 Å². The highest BCUT2D eigenvalue weighted by Gasteiger charge is 2.75. The quantitative estimate of drug-likeness (QED) is 0.196. The van der Waals surface area contributed by atoms with Gasteiger partial charge in [0, 0.05) is 0 Å². The summed E-state index contributed by atoms with van der Waals surface area (Å²) in [6.07, 6.45) is 0. The summed E-state index contributed by atoms with van der Waals surface area (Å²) in [7, 11) is 0. The first-order valence-electron chi connectivity index (χ1n) is 4.87. The number of alkyl halides is 15. The fourth-order valence-electron chi connectivity index (χ4n) is 1.06. The molecule has 0 aliphatic heterocycles. The number of hydrogen-bond donors (Lipinski definition) is 0. The van der Waals surface area contributed by atoms with Crippen molar-refractivity contribution in [3.8, 4) is 0 Å². The summed E-state index contributed by atoms with van der Waals surface area (Å²) in [4.78, 5) is 0. The Morgan fingerprint density at radius 1 is 0.480 bits per heavy atom. The Bertz CT molecular complexity index is 534. The van der Waals surface area contributed by atoms with Crippen molar-refractivity contribution >= 4 is 250 Å². The van der Waals surface area contributed by atoms with Crippen molar-refractivity contribution in [3.63, 3.8) is 0 Å². The molecule has 0 aliphatic rings. The van der Waals surface area contributed by atoms with Gasteiger partial charge in [-0.3, -0.25) is 4.21 Å². The predicted octanol–water partition coefficient (Wildman–Crippen LogP) is 10.6. The normalized spacial score (nSPS) is 17.6. The first kappa shape index (κ1) is 32.3. The van der Waals surface area contributed by atoms with E-state index in [4.69, 9.17) is 0 Å². The second-order valence-electron chi connectivity index (χ2n) is 4.12. The van der Waals surface area contributed by atoms with E-state index >= 15 is 0 Å². The van der Waals surface area contributed by atoms with Gasteiger partial charge in [0.15, 0.2) is 4.71 Å². The SMILES string of the molecule is O=S([O-])C(Br)(Br)C(Br)(Br)C(Br)(Br)C(Br)(Br)C(Br)(Br)C(Br)(Br)C(Br)(Br)Br. The van der Waals surface area contributed by atoms with Crippen molar-refractivity contribution in [1.82, 2.24) is 0 Å². The molecule has 0 fully saturated rings. The van der Waals surface area contributed by atoms with Crippen LogP contribution in [0.4, 0.5) is 0 Å². The van der Waals surface area contributed by atoms with Crippen LogP contribution < -0.4 is 0 Å². The van der Waals surface area contributed by atoms with Gasteiger partial charge >= 0.3 is 0 Å². The van der Waals surface area contributed by atoms with Gasteiger partial charge in [-0.2, -0.15) is 0 Å². The summed E-state index contributed by atoms with van der Waals surface area (Å²) in [5, 5.41) is 0. The van der Waals surface area contributed by atoms with Gasteiger partial charge in [-0.15, -0.1) is 0 Å². The summed E-state index contributed by atoms with van der Waals surface area (Å²) < 4.78 is 15.2. The molecule has 0 heterocycles. The lowest BCUT2D eigenvalue weighted by Crippen LogP contribution is -2.66. The monoisotopic (exact) mass is 1330 g/mol. The van der Waals surface area contributed by atoms with Gasteiger partial charge in [0.1, 0.15) is 16.2 Å². The maximum atomic E-state index is 11.8. The Kier molecular flexibility index (Phi) is 13.6. The summed E-state index contributed by atoms with van der Waals surface area (Å²) in [6.45, 7) is 0. The maximum Gasteiger partial charge on any atom is 0.169 e. The van der Waals surface area contributed by atoms with Gasteiger partial charge in [0.05, 0.1) is 0 Å². The minimum atomic E-state index is -2.59. The average Bonchev–Trinajstić information content (AvgIpc) is 2.35. The van der Waals surface area contributed by atoms with E-state index in [-0.39, 0.29) is 0 Å². The Morgan fingerprint density at radius 3 is 0.960 bits per heavy atom. The van der Waals surface area contributed by atoms with Gasteiger partial charge in [-0.25, -0.2) is 0 Å². The lowest BCUT2D eigenvalue weighted by molar-refractivity contribution is 0.524. The number of rotatable bonds is 6. The smallest absolute Gasteiger partial charge is 0.169 e. The van der Waals surface area contributed by atoms with Crippen LogP contribution in [0.25, 0.3) is 0 Å². The Hall–Kier alpha value is 7.31. The minimum Gasteiger partial charge on any atom is -0.771 e. The zero-order valence-electron chi connectivity index (χ0n) is 10.4. The molecule has 0 N–H and O–H groups in total. The highest BCUT2D eigenvalue weighted by atomic mass is 80.0. The molecule has 0 radical (unpaired) electrons. The molecule has 0 saturated heterocycles. The summed E-state index contributed by atoms with van der Waals surface area (Å²) in [5.74, 6) is 0. The van der Waals surface area contributed by atoms with Crippen molar-refractivity contribution < 1.29 is 8.76 Å². The van der Waals surface area contributed by atoms with E-state index in [0.717, 1.165) is 0 Å². The molecule has 0 aromatic carbocycles. The highest BCUT2D eigenvalue weighted by molar-refractivity contribution is 9.42. The van der Waals surface area contributed by atoms with Crippen molar-refractivity contribution in [3.05, 3.63) is 0 Å². The standard InChI is InChI=1S/C7HBr15O2S/c8-1(9,2(10,11)4(14,15)6(18,19)20)3(12,13)5(16,17)7(21,22)25(23)24/h(H,23,24)/p-1. The molecular formula is C7Br15O2S-. The summed E-state index contributed by atoms with van der Waals surface area (Å²) in [5.41, 5.74) is 0. The lowest BCUT2D eigenvalue weighted by atomic mass is 10.1. The molecule has 0 aliphatic carbocycles. The first-order chi connectivity index (χ1) is 10.4. The number of halogens is 15. The molecule has 0 aromatic heterocycles. The fourth-order valence-corrected chi connectivity index (χ4v) is 14.6. The zero-order chi connectivity index (χ0) is 21.1. The fraction of sp³-hybridized carbons (Fsp3) is 1.00. The Balaban J connectivity index is 6.55. The second-order valence-corrected chi connectivity index (χ2v) is 33.7. The van der Waals surface area contributed by atoms with Crippen LogP contribution in [0.15, 0.2) is 0 Å². The molecule has 1 atom stereocenters. The Labute approximate surface area is 273 Å². The maximum absolute atomic E-state index is 11.8. The third-order valence-corrected chi connectivity index (χ3v) is 34.0. The van der Waals surface area contributed by atoms with Crippen LogP contribution in [0.1, 0.15) is 0 Å². The van der Waals surface area contributed by atoms with E-state index in [9.17, 15) is 8.76 Å². The average molecular weight is 1350 g/mol. The van der Waals surface area contributed by atoms with Crippen LogP contribution >= 0.6 is 239 Å². The van der Waals surface area contributed by atoms with Crippen LogP contribution in [-0.4, -0.2) is 29.6 Å². The molecule has 0 bridgehead atoms. The van der Waals surface area contributed by atoms with Crippen LogP contribution in [0.3, 0.4) is 0 Å². The van der Waals surface area contributed by atoms with Gasteiger partial charge in [-0.1, -0.05) is 239 Å². The Morgan fingerprint density at radius 2 is 0.720 bits per heavy atom. The molecular weight excluding hydrogens is 1350 g/mol. The van der Waals surface area contributed by atoms with Gasteiger partial charge in [0.25, 0.3) is 0 Å². The summed E-state index contributed by atoms with van der Waals surface area (Å²) >= 11 is 50.0. The van der Waals surface area contributed by atoms with Crippen molar-refractivity contribution in [2.45, 2.75) is 20.9 Å². The molecule has 0 rings (SSSR count). The van der Waals surface area contributed by atoms with Crippen molar-refractivity contribution in [2.24, 2.45) is 0 Å². The highest BCUT2D eigenvalue weighted by Crippen LogP contribution is 2.76. The van der Waals surface area contributed by atoms with Crippen LogP contribution in [-0.2, 0) is 11.1 Å². The minimum absolute atomic E-state index is 0.849. The molecule has 0 spiro atoms. The molecule has 1 unspecified atom stereocenters. The first-order valence-corrected chi connectivity index (χ1v) is 17.8. The number of hydrogen-bond acceptors (Lipinski definition) is 2. The molecule has 0 saturated carbocycles. The van der Waals surface area contributed by atoms with Crippen molar-refractivity contribution in [1.29, 1.82) is 0 Å². The largest absolute Gasteiger partial charge is 0.771 e. The van der Waals surface area contributed by atoms with E-state index in [1.165, 1.54) is 0 Å². The third-order valence-electron chi connectivity index (χ3n) is 2.51. The molecule has 152 valence electrons. The van der Waals surface area contributed by atoms with Crippen LogP contribution in [0.2, 0.25) is 0 Å². The second kappa shape index (κ2) is 10.5. The molecule has 0 amide bonds. The van der Waals surface area contributed by atoms with E-state index in [1.807, 2.05) is 0 Å². The van der Waals surface area contributed by atoms with Crippen LogP contribution in [0.5, 0.6) is 0 Å². The van der Waals surface area contributed by atoms with E-state index < -0.39 is 32.0 Å². The predicted molar refractivity (Wildman–Crippen MR) is 162 cm³/mol. The summed E-state index contributed by atoms with van der Waals surface area (Å²) in [6, 6.07) is 0. The molecule has 0 aromatic rings. The van der Waals surface area contributed by atoms with Crippen molar-refractivity contribution in [2.75, 3.05) is 0 Å². The molecule has 25 heavy (non-hydrogen) atoms. The lowest BCUT2D eigenvalue weighted by Gasteiger charge is -2.56.